The summed E-state index contributed by atoms with van der Waals surface area (Å²) in [6.07, 6.45) is 0.494. The Morgan fingerprint density at radius 3 is 2.17 bits per heavy atom. The number of aromatic nitrogens is 1. The van der Waals surface area contributed by atoms with Crippen LogP contribution in [0.5, 0.6) is 0 Å². The number of hydrogen-bond acceptors (Lipinski definition) is 1. The van der Waals surface area contributed by atoms with Gasteiger partial charge in [0.25, 0.3) is 0 Å². The van der Waals surface area contributed by atoms with Crippen LogP contribution in [0.4, 0.5) is 26.3 Å². The minimum Gasteiger partial charge on any atom is -0.260 e. The van der Waals surface area contributed by atoms with E-state index in [0.717, 1.165) is 49.6 Å². The highest BCUT2D eigenvalue weighted by Crippen LogP contribution is 2.46. The molecule has 188 valence electrons. The smallest absolute Gasteiger partial charge is 0.260 e. The highest BCUT2D eigenvalue weighted by Gasteiger charge is 2.42. The van der Waals surface area contributed by atoms with E-state index in [9.17, 15) is 26.3 Å². The van der Waals surface area contributed by atoms with Gasteiger partial charge in [-0.2, -0.15) is 26.3 Å². The van der Waals surface area contributed by atoms with E-state index in [-0.39, 0.29) is 5.92 Å². The van der Waals surface area contributed by atoms with E-state index in [1.165, 1.54) is 6.07 Å². The predicted octanol–water partition coefficient (Wildman–Crippen LogP) is 8.78. The average Bonchev–Trinajstić information content (AvgIpc) is 3.31. The van der Waals surface area contributed by atoms with Gasteiger partial charge >= 0.3 is 12.4 Å². The number of halogens is 6. The van der Waals surface area contributed by atoms with Crippen molar-refractivity contribution in [3.05, 3.63) is 101 Å². The zero-order chi connectivity index (χ0) is 25.7. The van der Waals surface area contributed by atoms with Crippen LogP contribution in [-0.4, -0.2) is 11.2 Å². The quantitative estimate of drug-likeness (QED) is 0.265. The van der Waals surface area contributed by atoms with E-state index in [4.69, 9.17) is 0 Å². The van der Waals surface area contributed by atoms with Crippen molar-refractivity contribution in [2.24, 2.45) is 5.92 Å². The zero-order valence-corrected chi connectivity index (χ0v) is 19.6. The van der Waals surface area contributed by atoms with Crippen molar-refractivity contribution < 1.29 is 26.3 Å². The summed E-state index contributed by atoms with van der Waals surface area (Å²) < 4.78 is 80.5. The lowest BCUT2D eigenvalue weighted by Crippen LogP contribution is -2.35. The Morgan fingerprint density at radius 2 is 1.66 bits per heavy atom. The number of allylic oxidation sites excluding steroid dienone is 5. The maximum Gasteiger partial charge on any atom is 0.417 e. The monoisotopic (exact) mass is 493 g/mol. The molecule has 0 saturated heterocycles. The minimum atomic E-state index is -4.63. The number of nitrogens with zero attached hydrogens (tertiary/aromatic N) is 1. The number of alkyl halides is 6. The van der Waals surface area contributed by atoms with Crippen LogP contribution in [-0.2, 0) is 18.0 Å². The fraction of sp³-hybridized carbons (Fsp3) is 0.393. The molecule has 1 unspecified atom stereocenters. The second kappa shape index (κ2) is 10.8. The van der Waals surface area contributed by atoms with E-state index in [1.807, 2.05) is 30.3 Å². The molecule has 0 N–H and O–H groups in total. The van der Waals surface area contributed by atoms with Gasteiger partial charge in [0.1, 0.15) is 0 Å². The Bertz CT molecular complexity index is 1040. The molecule has 0 bridgehead atoms. The van der Waals surface area contributed by atoms with Crippen LogP contribution in [0, 0.1) is 5.92 Å². The molecule has 2 aromatic rings. The number of hydrogen-bond donors (Lipinski definition) is 0. The summed E-state index contributed by atoms with van der Waals surface area (Å²) >= 11 is 0. The van der Waals surface area contributed by atoms with Gasteiger partial charge in [0.2, 0.25) is 0 Å². The van der Waals surface area contributed by atoms with Crippen LogP contribution in [0.15, 0.2) is 84.6 Å². The molecule has 1 aromatic carbocycles. The molecule has 7 heteroatoms. The third-order valence-electron chi connectivity index (χ3n) is 6.63. The third-order valence-corrected chi connectivity index (χ3v) is 6.63. The summed E-state index contributed by atoms with van der Waals surface area (Å²) in [5.74, 6) is 0.218. The first-order valence-corrected chi connectivity index (χ1v) is 11.6. The molecule has 1 aliphatic rings. The van der Waals surface area contributed by atoms with Crippen molar-refractivity contribution in [3.8, 4) is 0 Å². The van der Waals surface area contributed by atoms with E-state index >= 15 is 0 Å². The first kappa shape index (κ1) is 26.8. The topological polar surface area (TPSA) is 12.9 Å². The van der Waals surface area contributed by atoms with Gasteiger partial charge in [0, 0.05) is 17.2 Å². The minimum absolute atomic E-state index is 0.218. The molecular weight excluding hydrogens is 464 g/mol. The summed E-state index contributed by atoms with van der Waals surface area (Å²) in [6, 6.07) is 11.5. The highest BCUT2D eigenvalue weighted by atomic mass is 19.4. The standard InChI is InChI=1S/C28H29F6N/c1-3-9-23(16-20(2)27(29,30)31)26(18-22-12-7-8-13-22,17-21-10-5-4-6-11-21)25-15-14-24(19-35-25)28(32,33)34/h3-6,9-11,14-16,19,22H,2,7-8,12-13,17-18H2,1H3/b9-3-,23-16+. The molecule has 1 aromatic heterocycles. The molecule has 1 fully saturated rings. The van der Waals surface area contributed by atoms with E-state index < -0.39 is 28.9 Å². The fourth-order valence-electron chi connectivity index (χ4n) is 4.93. The lowest BCUT2D eigenvalue weighted by atomic mass is 9.66. The second-order valence-electron chi connectivity index (χ2n) is 9.15. The summed E-state index contributed by atoms with van der Waals surface area (Å²) in [5, 5.41) is 0. The Kier molecular flexibility index (Phi) is 8.29. The fourth-order valence-corrected chi connectivity index (χ4v) is 4.93. The lowest BCUT2D eigenvalue weighted by Gasteiger charge is -2.38. The van der Waals surface area contributed by atoms with E-state index in [2.05, 4.69) is 11.6 Å². The number of benzene rings is 1. The van der Waals surface area contributed by atoms with Crippen LogP contribution in [0.3, 0.4) is 0 Å². The van der Waals surface area contributed by atoms with Crippen LogP contribution in [0.25, 0.3) is 0 Å². The lowest BCUT2D eigenvalue weighted by molar-refractivity contribution is -0.137. The van der Waals surface area contributed by atoms with E-state index in [0.29, 0.717) is 24.1 Å². The Labute approximate surface area is 202 Å². The molecule has 1 heterocycles. The van der Waals surface area contributed by atoms with Crippen molar-refractivity contribution in [2.45, 2.75) is 63.2 Å². The SMILES string of the molecule is C=C(/C=C(\C=C/C)C(Cc1ccccc1)(CC1CCCC1)c1ccc(C(F)(F)F)cn1)C(F)(F)F. The summed E-state index contributed by atoms with van der Waals surface area (Å²) in [7, 11) is 0. The van der Waals surface area contributed by atoms with E-state index in [1.54, 1.807) is 19.1 Å². The highest BCUT2D eigenvalue weighted by molar-refractivity contribution is 5.46. The summed E-state index contributed by atoms with van der Waals surface area (Å²) in [4.78, 5) is 4.22. The van der Waals surface area contributed by atoms with Crippen LogP contribution in [0.2, 0.25) is 0 Å². The first-order valence-electron chi connectivity index (χ1n) is 11.6. The second-order valence-corrected chi connectivity index (χ2v) is 9.15. The van der Waals surface area contributed by atoms with Crippen molar-refractivity contribution in [1.82, 2.24) is 4.98 Å². The van der Waals surface area contributed by atoms with Gasteiger partial charge in [-0.25, -0.2) is 0 Å². The molecule has 0 amide bonds. The normalized spacial score (nSPS) is 17.6. The Balaban J connectivity index is 2.26. The van der Waals surface area contributed by atoms with Crippen molar-refractivity contribution >= 4 is 0 Å². The van der Waals surface area contributed by atoms with Crippen LogP contribution < -0.4 is 0 Å². The van der Waals surface area contributed by atoms with Gasteiger partial charge in [-0.1, -0.05) is 74.7 Å². The number of rotatable bonds is 8. The molecule has 1 aliphatic carbocycles. The van der Waals surface area contributed by atoms with Gasteiger partial charge in [0.05, 0.1) is 11.3 Å². The van der Waals surface area contributed by atoms with Crippen molar-refractivity contribution in [1.29, 1.82) is 0 Å². The van der Waals surface area contributed by atoms with Gasteiger partial charge in [-0.05, 0) is 55.0 Å². The Morgan fingerprint density at radius 1 is 1.00 bits per heavy atom. The van der Waals surface area contributed by atoms with Gasteiger partial charge in [-0.15, -0.1) is 0 Å². The maximum absolute atomic E-state index is 13.5. The molecule has 35 heavy (non-hydrogen) atoms. The zero-order valence-electron chi connectivity index (χ0n) is 19.6. The summed E-state index contributed by atoms with van der Waals surface area (Å²) in [6.45, 7) is 4.94. The van der Waals surface area contributed by atoms with Gasteiger partial charge < -0.3 is 0 Å². The van der Waals surface area contributed by atoms with Crippen molar-refractivity contribution in [2.75, 3.05) is 0 Å². The third kappa shape index (κ3) is 6.65. The maximum atomic E-state index is 13.5. The molecule has 3 rings (SSSR count). The van der Waals surface area contributed by atoms with Gasteiger partial charge in [-0.3, -0.25) is 4.98 Å². The molecule has 0 radical (unpaired) electrons. The molecule has 1 atom stereocenters. The number of pyridine rings is 1. The molecular formula is C28H29F6N. The summed E-state index contributed by atoms with van der Waals surface area (Å²) in [5.41, 5.74) is -1.46. The molecule has 1 saturated carbocycles. The first-order chi connectivity index (χ1) is 16.5. The van der Waals surface area contributed by atoms with Crippen molar-refractivity contribution in [3.63, 3.8) is 0 Å². The van der Waals surface area contributed by atoms with Gasteiger partial charge in [0.15, 0.2) is 0 Å². The predicted molar refractivity (Wildman–Crippen MR) is 126 cm³/mol. The largest absolute Gasteiger partial charge is 0.417 e. The van der Waals surface area contributed by atoms with Crippen LogP contribution in [0.1, 0.15) is 55.8 Å². The molecule has 0 spiro atoms. The molecule has 1 nitrogen and oxygen atoms in total. The molecule has 0 aliphatic heterocycles. The Hall–Kier alpha value is -2.83. The average molecular weight is 494 g/mol. The van der Waals surface area contributed by atoms with Crippen LogP contribution >= 0.6 is 0 Å².